The predicted molar refractivity (Wildman–Crippen MR) is 77.2 cm³/mol. The van der Waals surface area contributed by atoms with E-state index in [0.29, 0.717) is 10.8 Å². The Morgan fingerprint density at radius 2 is 1.56 bits per heavy atom. The van der Waals surface area contributed by atoms with Crippen LogP contribution in [-0.2, 0) is 0 Å². The molecule has 0 saturated carbocycles. The summed E-state index contributed by atoms with van der Waals surface area (Å²) in [5.74, 6) is 1.34. The van der Waals surface area contributed by atoms with E-state index in [2.05, 4.69) is 9.97 Å². The second-order valence-electron chi connectivity index (χ2n) is 3.63. The molecule has 0 fully saturated rings. The maximum atomic E-state index is 5.72. The lowest BCUT2D eigenvalue weighted by Crippen LogP contribution is -2.09. The maximum Gasteiger partial charge on any atom is 0.129 e. The van der Waals surface area contributed by atoms with E-state index in [1.807, 2.05) is 25.1 Å². The third kappa shape index (κ3) is 5.21. The third-order valence-electron chi connectivity index (χ3n) is 1.91. The number of aromatic nitrogens is 2. The molecule has 0 aliphatic rings. The van der Waals surface area contributed by atoms with Crippen molar-refractivity contribution in [2.24, 2.45) is 0 Å². The van der Waals surface area contributed by atoms with E-state index < -0.39 is 0 Å². The van der Waals surface area contributed by atoms with Crippen molar-refractivity contribution in [1.82, 2.24) is 9.97 Å². The van der Waals surface area contributed by atoms with Gasteiger partial charge in [-0.25, -0.2) is 9.97 Å². The van der Waals surface area contributed by atoms with Gasteiger partial charge in [0.2, 0.25) is 0 Å². The van der Waals surface area contributed by atoms with Crippen molar-refractivity contribution < 1.29 is 0 Å². The molecule has 6 heteroatoms. The fraction of sp³-hybridized carbons (Fsp3) is 0.167. The number of nitrogens with two attached hydrogens (primary N) is 1. The van der Waals surface area contributed by atoms with Gasteiger partial charge in [0.25, 0.3) is 0 Å². The number of hydrogen-bond acceptors (Lipinski definition) is 4. The normalized spacial score (nSPS) is 9.33. The van der Waals surface area contributed by atoms with E-state index in [9.17, 15) is 0 Å². The number of anilines is 2. The molecular weight excluding hydrogens is 271 g/mol. The highest BCUT2D eigenvalue weighted by Crippen LogP contribution is 2.13. The average Bonchev–Trinajstić information content (AvgIpc) is 2.29. The molecule has 0 atom stereocenters. The molecule has 0 spiro atoms. The molecule has 4 nitrogen and oxygen atoms in total. The van der Waals surface area contributed by atoms with E-state index in [-0.39, 0.29) is 0 Å². The monoisotopic (exact) mass is 284 g/mol. The highest BCUT2D eigenvalue weighted by molar-refractivity contribution is 6.31. The van der Waals surface area contributed by atoms with Gasteiger partial charge in [0, 0.05) is 36.5 Å². The number of nitrogen functional groups attached to an aromatic ring is 1. The van der Waals surface area contributed by atoms with Crippen molar-refractivity contribution in [3.63, 3.8) is 0 Å². The fourth-order valence-electron chi connectivity index (χ4n) is 1.06. The summed E-state index contributed by atoms with van der Waals surface area (Å²) in [6.07, 6.45) is 3.26. The second-order valence-corrected chi connectivity index (χ2v) is 4.50. The van der Waals surface area contributed by atoms with Gasteiger partial charge in [0.1, 0.15) is 11.6 Å². The van der Waals surface area contributed by atoms with Crippen LogP contribution >= 0.6 is 23.2 Å². The first kappa shape index (κ1) is 14.5. The Balaban J connectivity index is 0.000000184. The number of rotatable bonds is 1. The van der Waals surface area contributed by atoms with E-state index in [1.54, 1.807) is 30.6 Å². The van der Waals surface area contributed by atoms with Crippen LogP contribution in [0.3, 0.4) is 0 Å². The molecule has 96 valence electrons. The summed E-state index contributed by atoms with van der Waals surface area (Å²) in [5, 5.41) is 1.34. The van der Waals surface area contributed by atoms with Crippen molar-refractivity contribution >= 4 is 34.8 Å². The summed E-state index contributed by atoms with van der Waals surface area (Å²) in [4.78, 5) is 9.72. The quantitative estimate of drug-likeness (QED) is 0.874. The molecule has 0 aliphatic carbocycles. The molecule has 0 unspecified atom stereocenters. The van der Waals surface area contributed by atoms with Gasteiger partial charge in [-0.05, 0) is 24.3 Å². The summed E-state index contributed by atoms with van der Waals surface area (Å²) < 4.78 is 0. The second kappa shape index (κ2) is 7.03. The first-order valence-corrected chi connectivity index (χ1v) is 5.90. The Labute approximate surface area is 116 Å². The minimum atomic E-state index is 0.456. The van der Waals surface area contributed by atoms with Gasteiger partial charge in [0.15, 0.2) is 0 Å². The van der Waals surface area contributed by atoms with Gasteiger partial charge in [-0.1, -0.05) is 23.2 Å². The maximum absolute atomic E-state index is 5.72. The zero-order valence-electron chi connectivity index (χ0n) is 10.1. The Morgan fingerprint density at radius 3 is 1.89 bits per heavy atom. The summed E-state index contributed by atoms with van der Waals surface area (Å²) in [7, 11) is 3.86. The molecular formula is C12H14Cl2N4. The standard InChI is InChI=1S/C7H9ClN2.C5H5ClN2/c1-10(2)7-5-6(8)3-4-9-7;6-4-1-2-8-5(7)3-4/h3-5H,1-2H3;1-3H,(H2,7,8). The van der Waals surface area contributed by atoms with Crippen LogP contribution in [0.5, 0.6) is 0 Å². The van der Waals surface area contributed by atoms with Crippen molar-refractivity contribution in [2.75, 3.05) is 24.7 Å². The van der Waals surface area contributed by atoms with Crippen LogP contribution in [0.25, 0.3) is 0 Å². The molecule has 0 radical (unpaired) electrons. The highest BCUT2D eigenvalue weighted by Gasteiger charge is 1.94. The van der Waals surface area contributed by atoms with Gasteiger partial charge in [-0.3, -0.25) is 0 Å². The molecule has 0 aromatic carbocycles. The average molecular weight is 285 g/mol. The Kier molecular flexibility index (Phi) is 5.68. The first-order valence-electron chi connectivity index (χ1n) is 5.15. The lowest BCUT2D eigenvalue weighted by molar-refractivity contribution is 1.07. The Morgan fingerprint density at radius 1 is 1.00 bits per heavy atom. The van der Waals surface area contributed by atoms with Crippen molar-refractivity contribution in [1.29, 1.82) is 0 Å². The number of hydrogen-bond donors (Lipinski definition) is 1. The molecule has 2 heterocycles. The van der Waals surface area contributed by atoms with E-state index >= 15 is 0 Å². The summed E-state index contributed by atoms with van der Waals surface area (Å²) in [5.41, 5.74) is 5.26. The van der Waals surface area contributed by atoms with Crippen LogP contribution in [0.15, 0.2) is 36.7 Å². The molecule has 2 aromatic rings. The molecule has 0 amide bonds. The Hall–Kier alpha value is -1.52. The van der Waals surface area contributed by atoms with Crippen LogP contribution in [0, 0.1) is 0 Å². The number of nitrogens with zero attached hydrogens (tertiary/aromatic N) is 3. The topological polar surface area (TPSA) is 55.0 Å². The summed E-state index contributed by atoms with van der Waals surface area (Å²) in [6, 6.07) is 6.86. The lowest BCUT2D eigenvalue weighted by atomic mass is 10.4. The smallest absolute Gasteiger partial charge is 0.129 e. The zero-order chi connectivity index (χ0) is 13.5. The van der Waals surface area contributed by atoms with Gasteiger partial charge in [0.05, 0.1) is 0 Å². The van der Waals surface area contributed by atoms with Gasteiger partial charge in [-0.2, -0.15) is 0 Å². The van der Waals surface area contributed by atoms with Crippen LogP contribution in [0.4, 0.5) is 11.6 Å². The van der Waals surface area contributed by atoms with Crippen LogP contribution in [0.1, 0.15) is 0 Å². The molecule has 2 rings (SSSR count). The summed E-state index contributed by atoms with van der Waals surface area (Å²) in [6.45, 7) is 0. The highest BCUT2D eigenvalue weighted by atomic mass is 35.5. The minimum absolute atomic E-state index is 0.456. The molecule has 0 bridgehead atoms. The third-order valence-corrected chi connectivity index (χ3v) is 2.38. The van der Waals surface area contributed by atoms with Gasteiger partial charge >= 0.3 is 0 Å². The van der Waals surface area contributed by atoms with Crippen molar-refractivity contribution in [3.05, 3.63) is 46.7 Å². The van der Waals surface area contributed by atoms with Crippen molar-refractivity contribution in [2.45, 2.75) is 0 Å². The number of pyridine rings is 2. The van der Waals surface area contributed by atoms with E-state index in [1.165, 1.54) is 0 Å². The van der Waals surface area contributed by atoms with E-state index in [0.717, 1.165) is 10.8 Å². The first-order chi connectivity index (χ1) is 8.49. The van der Waals surface area contributed by atoms with Gasteiger partial charge < -0.3 is 10.6 Å². The molecule has 2 N–H and O–H groups in total. The predicted octanol–water partition coefficient (Wildman–Crippen LogP) is 3.12. The lowest BCUT2D eigenvalue weighted by Gasteiger charge is -2.09. The molecule has 18 heavy (non-hydrogen) atoms. The van der Waals surface area contributed by atoms with Crippen LogP contribution in [0.2, 0.25) is 10.0 Å². The molecule has 0 aliphatic heterocycles. The van der Waals surface area contributed by atoms with Crippen LogP contribution < -0.4 is 10.6 Å². The summed E-state index contributed by atoms with van der Waals surface area (Å²) >= 11 is 11.2. The number of halogens is 2. The van der Waals surface area contributed by atoms with Crippen LogP contribution in [-0.4, -0.2) is 24.1 Å². The van der Waals surface area contributed by atoms with Gasteiger partial charge in [-0.15, -0.1) is 0 Å². The zero-order valence-corrected chi connectivity index (χ0v) is 11.7. The SMILES string of the molecule is CN(C)c1cc(Cl)ccn1.Nc1cc(Cl)ccn1. The largest absolute Gasteiger partial charge is 0.384 e. The fourth-order valence-corrected chi connectivity index (χ4v) is 1.38. The van der Waals surface area contributed by atoms with Crippen molar-refractivity contribution in [3.8, 4) is 0 Å². The van der Waals surface area contributed by atoms with E-state index in [4.69, 9.17) is 28.9 Å². The minimum Gasteiger partial charge on any atom is -0.384 e. The molecule has 2 aromatic heterocycles. The Bertz CT molecular complexity index is 486. The molecule has 0 saturated heterocycles.